The Morgan fingerprint density at radius 1 is 0.630 bits per heavy atom. The molecule has 134 valence electrons. The molecule has 7 heteroatoms. The lowest BCUT2D eigenvalue weighted by atomic mass is 10.3. The minimum atomic E-state index is 0.441. The van der Waals surface area contributed by atoms with Crippen LogP contribution >= 0.6 is 0 Å². The molecule has 27 heavy (non-hydrogen) atoms. The van der Waals surface area contributed by atoms with Crippen LogP contribution in [0.4, 0.5) is 29.2 Å². The van der Waals surface area contributed by atoms with Gasteiger partial charge in [0, 0.05) is 11.4 Å². The number of aromatic nitrogens is 3. The van der Waals surface area contributed by atoms with Crippen LogP contribution in [0.25, 0.3) is 0 Å². The van der Waals surface area contributed by atoms with Gasteiger partial charge in [0.2, 0.25) is 17.8 Å². The number of furan rings is 1. The minimum Gasteiger partial charge on any atom is -0.467 e. The molecule has 7 nitrogen and oxygen atoms in total. The van der Waals surface area contributed by atoms with Crippen molar-refractivity contribution in [3.63, 3.8) is 0 Å². The molecule has 2 aromatic carbocycles. The Kier molecular flexibility index (Phi) is 4.92. The zero-order chi connectivity index (χ0) is 18.3. The molecular weight excluding hydrogens is 340 g/mol. The van der Waals surface area contributed by atoms with E-state index in [1.807, 2.05) is 72.8 Å². The Bertz CT molecular complexity index is 914. The van der Waals surface area contributed by atoms with E-state index in [0.29, 0.717) is 24.4 Å². The number of para-hydroxylation sites is 2. The normalized spacial score (nSPS) is 10.4. The third kappa shape index (κ3) is 4.60. The molecule has 0 radical (unpaired) electrons. The fourth-order valence-corrected chi connectivity index (χ4v) is 2.45. The monoisotopic (exact) mass is 358 g/mol. The molecule has 0 unspecified atom stereocenters. The summed E-state index contributed by atoms with van der Waals surface area (Å²) in [5.74, 6) is 2.12. The van der Waals surface area contributed by atoms with Crippen LogP contribution in [0.15, 0.2) is 83.5 Å². The van der Waals surface area contributed by atoms with Crippen LogP contribution in [0.1, 0.15) is 5.76 Å². The lowest BCUT2D eigenvalue weighted by Crippen LogP contribution is -2.09. The number of nitrogens with one attached hydrogen (secondary N) is 3. The van der Waals surface area contributed by atoms with E-state index in [2.05, 4.69) is 30.9 Å². The number of anilines is 5. The fraction of sp³-hybridized carbons (Fsp3) is 0.0500. The molecule has 0 saturated carbocycles. The predicted octanol–water partition coefficient (Wildman–Crippen LogP) is 4.56. The van der Waals surface area contributed by atoms with Gasteiger partial charge in [-0.25, -0.2) is 0 Å². The van der Waals surface area contributed by atoms with E-state index in [-0.39, 0.29) is 0 Å². The van der Waals surface area contributed by atoms with Gasteiger partial charge in [0.25, 0.3) is 0 Å². The van der Waals surface area contributed by atoms with E-state index >= 15 is 0 Å². The Morgan fingerprint density at radius 2 is 1.19 bits per heavy atom. The molecule has 0 aliphatic carbocycles. The Balaban J connectivity index is 1.58. The lowest BCUT2D eigenvalue weighted by molar-refractivity contribution is 0.517. The van der Waals surface area contributed by atoms with Crippen molar-refractivity contribution in [1.29, 1.82) is 0 Å². The van der Waals surface area contributed by atoms with Gasteiger partial charge in [0.05, 0.1) is 12.8 Å². The van der Waals surface area contributed by atoms with E-state index in [9.17, 15) is 0 Å². The van der Waals surface area contributed by atoms with Crippen LogP contribution in [-0.4, -0.2) is 15.0 Å². The summed E-state index contributed by atoms with van der Waals surface area (Å²) >= 11 is 0. The van der Waals surface area contributed by atoms with Gasteiger partial charge in [-0.1, -0.05) is 36.4 Å². The average Bonchev–Trinajstić information content (AvgIpc) is 3.22. The first-order chi connectivity index (χ1) is 13.3. The van der Waals surface area contributed by atoms with Crippen LogP contribution in [0.2, 0.25) is 0 Å². The highest BCUT2D eigenvalue weighted by Crippen LogP contribution is 2.18. The van der Waals surface area contributed by atoms with Crippen molar-refractivity contribution in [2.24, 2.45) is 0 Å². The second-order valence-corrected chi connectivity index (χ2v) is 5.72. The average molecular weight is 358 g/mol. The lowest BCUT2D eigenvalue weighted by Gasteiger charge is -2.11. The first-order valence-corrected chi connectivity index (χ1v) is 8.52. The van der Waals surface area contributed by atoms with E-state index in [1.165, 1.54) is 0 Å². The van der Waals surface area contributed by atoms with Crippen LogP contribution in [0, 0.1) is 0 Å². The fourth-order valence-electron chi connectivity index (χ4n) is 2.45. The summed E-state index contributed by atoms with van der Waals surface area (Å²) in [5.41, 5.74) is 1.79. The van der Waals surface area contributed by atoms with Gasteiger partial charge in [0.15, 0.2) is 0 Å². The van der Waals surface area contributed by atoms with Gasteiger partial charge in [-0.3, -0.25) is 0 Å². The third-order valence-electron chi connectivity index (χ3n) is 3.70. The number of benzene rings is 2. The summed E-state index contributed by atoms with van der Waals surface area (Å²) in [7, 11) is 0. The Hall–Kier alpha value is -3.87. The molecule has 0 amide bonds. The van der Waals surface area contributed by atoms with Crippen molar-refractivity contribution in [2.45, 2.75) is 6.54 Å². The Labute approximate surface area is 156 Å². The molecule has 0 fully saturated rings. The molecule has 0 aliphatic rings. The molecule has 4 rings (SSSR count). The van der Waals surface area contributed by atoms with Crippen LogP contribution in [-0.2, 0) is 6.54 Å². The maximum atomic E-state index is 5.34. The van der Waals surface area contributed by atoms with Gasteiger partial charge >= 0.3 is 0 Å². The zero-order valence-electron chi connectivity index (χ0n) is 14.5. The second kappa shape index (κ2) is 8.01. The molecule has 4 aromatic rings. The first-order valence-electron chi connectivity index (χ1n) is 8.52. The summed E-state index contributed by atoms with van der Waals surface area (Å²) in [4.78, 5) is 13.3. The predicted molar refractivity (Wildman–Crippen MR) is 105 cm³/mol. The van der Waals surface area contributed by atoms with Crippen molar-refractivity contribution < 1.29 is 4.42 Å². The second-order valence-electron chi connectivity index (χ2n) is 5.72. The largest absolute Gasteiger partial charge is 0.467 e. The highest BCUT2D eigenvalue weighted by atomic mass is 16.3. The van der Waals surface area contributed by atoms with Crippen molar-refractivity contribution >= 4 is 29.2 Å². The smallest absolute Gasteiger partial charge is 0.233 e. The third-order valence-corrected chi connectivity index (χ3v) is 3.70. The maximum Gasteiger partial charge on any atom is 0.233 e. The molecule has 0 atom stereocenters. The van der Waals surface area contributed by atoms with E-state index in [1.54, 1.807) is 6.26 Å². The van der Waals surface area contributed by atoms with Gasteiger partial charge < -0.3 is 20.4 Å². The number of hydrogen-bond donors (Lipinski definition) is 3. The molecule has 0 aliphatic heterocycles. The maximum absolute atomic E-state index is 5.34. The summed E-state index contributed by atoms with van der Waals surface area (Å²) < 4.78 is 5.34. The van der Waals surface area contributed by atoms with Crippen LogP contribution in [0.3, 0.4) is 0 Å². The van der Waals surface area contributed by atoms with Gasteiger partial charge in [0.1, 0.15) is 5.76 Å². The summed E-state index contributed by atoms with van der Waals surface area (Å²) in [6.07, 6.45) is 1.63. The van der Waals surface area contributed by atoms with Crippen molar-refractivity contribution in [2.75, 3.05) is 16.0 Å². The SMILES string of the molecule is c1ccc(Nc2nc(NCc3ccco3)nc(Nc3ccccc3)n2)cc1. The van der Waals surface area contributed by atoms with Crippen molar-refractivity contribution in [3.05, 3.63) is 84.8 Å². The van der Waals surface area contributed by atoms with E-state index in [0.717, 1.165) is 17.1 Å². The number of rotatable bonds is 7. The molecule has 3 N–H and O–H groups in total. The first kappa shape index (κ1) is 16.6. The molecule has 0 saturated heterocycles. The van der Waals surface area contributed by atoms with Crippen molar-refractivity contribution in [3.8, 4) is 0 Å². The summed E-state index contributed by atoms with van der Waals surface area (Å²) in [5, 5.41) is 9.56. The summed E-state index contributed by atoms with van der Waals surface area (Å²) in [6, 6.07) is 23.2. The summed E-state index contributed by atoms with van der Waals surface area (Å²) in [6.45, 7) is 0.479. The van der Waals surface area contributed by atoms with Gasteiger partial charge in [-0.05, 0) is 36.4 Å². The van der Waals surface area contributed by atoms with E-state index < -0.39 is 0 Å². The highest BCUT2D eigenvalue weighted by molar-refractivity contribution is 5.58. The zero-order valence-corrected chi connectivity index (χ0v) is 14.5. The Morgan fingerprint density at radius 3 is 1.70 bits per heavy atom. The molecule has 2 aromatic heterocycles. The van der Waals surface area contributed by atoms with Gasteiger partial charge in [-0.2, -0.15) is 15.0 Å². The molecule has 0 spiro atoms. The standard InChI is InChI=1S/C20H18N6O/c1-3-8-15(9-4-1)22-19-24-18(21-14-17-12-7-13-27-17)25-20(26-19)23-16-10-5-2-6-11-16/h1-13H,14H2,(H3,21,22,23,24,25,26). The topological polar surface area (TPSA) is 87.9 Å². The molecular formula is C20H18N6O. The highest BCUT2D eigenvalue weighted by Gasteiger charge is 2.08. The van der Waals surface area contributed by atoms with Gasteiger partial charge in [-0.15, -0.1) is 0 Å². The van der Waals surface area contributed by atoms with E-state index in [4.69, 9.17) is 4.42 Å². The van der Waals surface area contributed by atoms with Crippen LogP contribution in [0.5, 0.6) is 0 Å². The molecule has 2 heterocycles. The number of hydrogen-bond acceptors (Lipinski definition) is 7. The molecule has 0 bridgehead atoms. The van der Waals surface area contributed by atoms with Crippen LogP contribution < -0.4 is 16.0 Å². The van der Waals surface area contributed by atoms with Crippen molar-refractivity contribution in [1.82, 2.24) is 15.0 Å². The minimum absolute atomic E-state index is 0.441. The number of nitrogens with zero attached hydrogens (tertiary/aromatic N) is 3. The quantitative estimate of drug-likeness (QED) is 0.446.